The second kappa shape index (κ2) is 8.44. The summed E-state index contributed by atoms with van der Waals surface area (Å²) < 4.78 is 0. The largest absolute Gasteiger partial charge is 0.465 e. The lowest BCUT2D eigenvalue weighted by molar-refractivity contribution is 0.0706. The van der Waals surface area contributed by atoms with E-state index in [2.05, 4.69) is 10.6 Å². The van der Waals surface area contributed by atoms with E-state index in [1.165, 1.54) is 0 Å². The van der Waals surface area contributed by atoms with Gasteiger partial charge in [0.25, 0.3) is 5.91 Å². The SMILES string of the molecule is O=C(O)NC1CCN(C(=O)c2ccc(NC(=O)N3Cc4ccccc4C3)cc2)CC1. The zero-order chi connectivity index (χ0) is 21.1. The first kappa shape index (κ1) is 19.8. The molecule has 2 aromatic rings. The van der Waals surface area contributed by atoms with E-state index in [0.29, 0.717) is 50.3 Å². The van der Waals surface area contributed by atoms with Gasteiger partial charge in [0.1, 0.15) is 0 Å². The quantitative estimate of drug-likeness (QED) is 0.726. The van der Waals surface area contributed by atoms with E-state index in [4.69, 9.17) is 5.11 Å². The van der Waals surface area contributed by atoms with Gasteiger partial charge in [-0.25, -0.2) is 9.59 Å². The van der Waals surface area contributed by atoms with Crippen LogP contribution >= 0.6 is 0 Å². The van der Waals surface area contributed by atoms with Crippen molar-refractivity contribution in [2.45, 2.75) is 32.0 Å². The summed E-state index contributed by atoms with van der Waals surface area (Å²) in [5, 5.41) is 14.2. The fraction of sp³-hybridized carbons (Fsp3) is 0.318. The number of anilines is 1. The number of nitrogens with one attached hydrogen (secondary N) is 2. The Kier molecular flexibility index (Phi) is 5.56. The monoisotopic (exact) mass is 408 g/mol. The molecule has 0 aromatic heterocycles. The summed E-state index contributed by atoms with van der Waals surface area (Å²) in [5.41, 5.74) is 3.51. The van der Waals surface area contributed by atoms with Gasteiger partial charge in [0.2, 0.25) is 0 Å². The first-order chi connectivity index (χ1) is 14.5. The lowest BCUT2D eigenvalue weighted by atomic mass is 10.0. The van der Waals surface area contributed by atoms with Gasteiger partial charge < -0.3 is 25.5 Å². The number of hydrogen-bond acceptors (Lipinski definition) is 3. The van der Waals surface area contributed by atoms with Crippen molar-refractivity contribution in [1.29, 1.82) is 0 Å². The Bertz CT molecular complexity index is 927. The number of hydrogen-bond donors (Lipinski definition) is 3. The van der Waals surface area contributed by atoms with Gasteiger partial charge in [-0.15, -0.1) is 0 Å². The number of likely N-dealkylation sites (tertiary alicyclic amines) is 1. The van der Waals surface area contributed by atoms with E-state index in [1.807, 2.05) is 24.3 Å². The molecule has 0 atom stereocenters. The normalized spacial score (nSPS) is 16.1. The van der Waals surface area contributed by atoms with Crippen molar-refractivity contribution in [3.8, 4) is 0 Å². The van der Waals surface area contributed by atoms with E-state index in [9.17, 15) is 14.4 Å². The third-order valence-corrected chi connectivity index (χ3v) is 5.62. The van der Waals surface area contributed by atoms with E-state index >= 15 is 0 Å². The van der Waals surface area contributed by atoms with Crippen LogP contribution in [-0.4, -0.2) is 52.1 Å². The number of carbonyl (C=O) groups is 3. The van der Waals surface area contributed by atoms with Gasteiger partial charge >= 0.3 is 12.1 Å². The molecule has 1 saturated heterocycles. The van der Waals surface area contributed by atoms with Gasteiger partial charge in [0.05, 0.1) is 0 Å². The molecule has 0 radical (unpaired) electrons. The molecule has 4 rings (SSSR count). The Hall–Kier alpha value is -3.55. The van der Waals surface area contributed by atoms with Crippen molar-refractivity contribution < 1.29 is 19.5 Å². The number of benzene rings is 2. The number of fused-ring (bicyclic) bond motifs is 1. The number of urea groups is 1. The molecular weight excluding hydrogens is 384 g/mol. The van der Waals surface area contributed by atoms with Gasteiger partial charge in [0.15, 0.2) is 0 Å². The summed E-state index contributed by atoms with van der Waals surface area (Å²) >= 11 is 0. The molecule has 0 aliphatic carbocycles. The smallest absolute Gasteiger partial charge is 0.404 e. The molecule has 0 bridgehead atoms. The van der Waals surface area contributed by atoms with Crippen LogP contribution < -0.4 is 10.6 Å². The Morgan fingerprint density at radius 2 is 1.47 bits per heavy atom. The molecule has 0 spiro atoms. The van der Waals surface area contributed by atoms with Crippen LogP contribution in [0.5, 0.6) is 0 Å². The lowest BCUT2D eigenvalue weighted by Gasteiger charge is -2.31. The van der Waals surface area contributed by atoms with Crippen LogP contribution in [0.1, 0.15) is 34.3 Å². The van der Waals surface area contributed by atoms with E-state index in [-0.39, 0.29) is 18.0 Å². The Labute approximate surface area is 174 Å². The number of piperidine rings is 1. The van der Waals surface area contributed by atoms with Crippen molar-refractivity contribution in [3.05, 3.63) is 65.2 Å². The first-order valence-electron chi connectivity index (χ1n) is 10.0. The summed E-state index contributed by atoms with van der Waals surface area (Å²) in [6, 6.07) is 14.6. The Morgan fingerprint density at radius 3 is 2.03 bits per heavy atom. The minimum Gasteiger partial charge on any atom is -0.465 e. The van der Waals surface area contributed by atoms with Crippen molar-refractivity contribution in [2.75, 3.05) is 18.4 Å². The molecule has 1 fully saturated rings. The van der Waals surface area contributed by atoms with E-state index in [1.54, 1.807) is 34.1 Å². The van der Waals surface area contributed by atoms with Crippen molar-refractivity contribution in [3.63, 3.8) is 0 Å². The van der Waals surface area contributed by atoms with Crippen LogP contribution in [0.25, 0.3) is 0 Å². The van der Waals surface area contributed by atoms with Gasteiger partial charge in [-0.1, -0.05) is 24.3 Å². The number of nitrogens with zero attached hydrogens (tertiary/aromatic N) is 2. The molecular formula is C22H24N4O4. The highest BCUT2D eigenvalue weighted by molar-refractivity contribution is 5.95. The molecule has 2 aliphatic rings. The summed E-state index contributed by atoms with van der Waals surface area (Å²) in [6.45, 7) is 2.20. The predicted molar refractivity (Wildman–Crippen MR) is 111 cm³/mol. The van der Waals surface area contributed by atoms with Crippen LogP contribution in [-0.2, 0) is 13.1 Å². The molecule has 2 heterocycles. The van der Waals surface area contributed by atoms with Crippen LogP contribution in [0.2, 0.25) is 0 Å². The topological polar surface area (TPSA) is 102 Å². The summed E-state index contributed by atoms with van der Waals surface area (Å²) in [6.07, 6.45) is 0.171. The maximum Gasteiger partial charge on any atom is 0.404 e. The highest BCUT2D eigenvalue weighted by Gasteiger charge is 2.25. The van der Waals surface area contributed by atoms with Crippen LogP contribution in [0, 0.1) is 0 Å². The van der Waals surface area contributed by atoms with Gasteiger partial charge in [-0.05, 0) is 48.2 Å². The lowest BCUT2D eigenvalue weighted by Crippen LogP contribution is -2.46. The predicted octanol–water partition coefficient (Wildman–Crippen LogP) is 3.11. The third kappa shape index (κ3) is 4.37. The zero-order valence-electron chi connectivity index (χ0n) is 16.5. The van der Waals surface area contributed by atoms with Crippen LogP contribution in [0.4, 0.5) is 15.3 Å². The average Bonchev–Trinajstić information content (AvgIpc) is 3.18. The summed E-state index contributed by atoms with van der Waals surface area (Å²) in [7, 11) is 0. The maximum atomic E-state index is 12.7. The molecule has 0 unspecified atom stereocenters. The molecule has 8 heteroatoms. The van der Waals surface area contributed by atoms with Gasteiger partial charge in [-0.3, -0.25) is 4.79 Å². The third-order valence-electron chi connectivity index (χ3n) is 5.62. The van der Waals surface area contributed by atoms with Crippen LogP contribution in [0.15, 0.2) is 48.5 Å². The van der Waals surface area contributed by atoms with Crippen LogP contribution in [0.3, 0.4) is 0 Å². The fourth-order valence-corrected chi connectivity index (χ4v) is 3.96. The summed E-state index contributed by atoms with van der Waals surface area (Å²) in [4.78, 5) is 39.4. The Morgan fingerprint density at radius 1 is 0.867 bits per heavy atom. The summed E-state index contributed by atoms with van der Waals surface area (Å²) in [5.74, 6) is -0.0864. The van der Waals surface area contributed by atoms with E-state index < -0.39 is 6.09 Å². The average molecular weight is 408 g/mol. The molecule has 3 N–H and O–H groups in total. The first-order valence-corrected chi connectivity index (χ1v) is 10.0. The second-order valence-electron chi connectivity index (χ2n) is 7.65. The molecule has 30 heavy (non-hydrogen) atoms. The molecule has 4 amide bonds. The fourth-order valence-electron chi connectivity index (χ4n) is 3.96. The second-order valence-corrected chi connectivity index (χ2v) is 7.65. The van der Waals surface area contributed by atoms with E-state index in [0.717, 1.165) is 11.1 Å². The van der Waals surface area contributed by atoms with Gasteiger partial charge in [0, 0.05) is 43.5 Å². The molecule has 0 saturated carbocycles. The molecule has 156 valence electrons. The highest BCUT2D eigenvalue weighted by atomic mass is 16.4. The zero-order valence-corrected chi connectivity index (χ0v) is 16.5. The standard InChI is InChI=1S/C22H24N4O4/c27-20(25-11-9-19(10-12-25)24-22(29)30)15-5-7-18(8-6-15)23-21(28)26-13-16-3-1-2-4-17(16)14-26/h1-8,19,24H,9-14H2,(H,23,28)(H,29,30). The van der Waals surface area contributed by atoms with Gasteiger partial charge in [-0.2, -0.15) is 0 Å². The number of carboxylic acid groups (broad SMARTS) is 1. The Balaban J connectivity index is 1.30. The number of rotatable bonds is 3. The van der Waals surface area contributed by atoms with Crippen molar-refractivity contribution >= 4 is 23.7 Å². The molecule has 2 aliphatic heterocycles. The molecule has 2 aromatic carbocycles. The maximum absolute atomic E-state index is 12.7. The number of amides is 4. The number of carbonyl (C=O) groups excluding carboxylic acids is 2. The van der Waals surface area contributed by atoms with Crippen molar-refractivity contribution in [2.24, 2.45) is 0 Å². The minimum atomic E-state index is -1.03. The molecule has 8 nitrogen and oxygen atoms in total. The minimum absolute atomic E-state index is 0.0864. The highest BCUT2D eigenvalue weighted by Crippen LogP contribution is 2.23. The van der Waals surface area contributed by atoms with Crippen molar-refractivity contribution in [1.82, 2.24) is 15.1 Å².